The van der Waals surface area contributed by atoms with Gasteiger partial charge in [0.1, 0.15) is 11.6 Å². The monoisotopic (exact) mass is 596 g/mol. The van der Waals surface area contributed by atoms with Crippen LogP contribution in [-0.2, 0) is 43.4 Å². The Morgan fingerprint density at radius 2 is 1.91 bits per heavy atom. The fraction of sp³-hybridized carbons (Fsp3) is 0.606. The Balaban J connectivity index is 1.59. The van der Waals surface area contributed by atoms with Gasteiger partial charge in [-0.25, -0.2) is 14.2 Å². The molecule has 1 saturated heterocycles. The van der Waals surface area contributed by atoms with Crippen LogP contribution in [0.3, 0.4) is 0 Å². The van der Waals surface area contributed by atoms with E-state index in [1.54, 1.807) is 19.1 Å². The second-order valence-corrected chi connectivity index (χ2v) is 12.9. The lowest BCUT2D eigenvalue weighted by Gasteiger charge is -2.41. The van der Waals surface area contributed by atoms with Crippen LogP contribution in [0, 0.1) is 12.7 Å². The van der Waals surface area contributed by atoms with Gasteiger partial charge in [-0.3, -0.25) is 0 Å². The first-order valence-corrected chi connectivity index (χ1v) is 15.4. The van der Waals surface area contributed by atoms with Crippen molar-refractivity contribution in [2.24, 2.45) is 0 Å². The molecule has 3 aliphatic rings. The number of hydrogen-bond donors (Lipinski definition) is 0. The number of aromatic nitrogens is 3. The van der Waals surface area contributed by atoms with Gasteiger partial charge in [-0.1, -0.05) is 6.07 Å². The Labute approximate surface area is 253 Å². The first kappa shape index (κ1) is 31.3. The summed E-state index contributed by atoms with van der Waals surface area (Å²) >= 11 is 0. The predicted octanol–water partition coefficient (Wildman–Crippen LogP) is 6.02. The highest BCUT2D eigenvalue weighted by molar-refractivity contribution is 5.80. The Morgan fingerprint density at radius 3 is 2.63 bits per heavy atom. The highest BCUT2D eigenvalue weighted by atomic mass is 19.1. The molecule has 0 radical (unpaired) electrons. The number of aryl methyl sites for hydroxylation is 2. The number of benzene rings is 1. The molecule has 1 atom stereocenters. The topological polar surface area (TPSA) is 87.4 Å². The molecule has 43 heavy (non-hydrogen) atoms. The van der Waals surface area contributed by atoms with Crippen molar-refractivity contribution in [1.29, 1.82) is 0 Å². The number of carbonyl (C=O) groups excluding carboxylic acids is 1. The molecular weight excluding hydrogens is 551 g/mol. The summed E-state index contributed by atoms with van der Waals surface area (Å²) in [4.78, 5) is 20.6. The zero-order valence-electron chi connectivity index (χ0n) is 26.4. The van der Waals surface area contributed by atoms with E-state index in [1.165, 1.54) is 6.07 Å². The van der Waals surface area contributed by atoms with Crippen molar-refractivity contribution in [2.75, 3.05) is 31.2 Å². The van der Waals surface area contributed by atoms with Gasteiger partial charge in [-0.15, -0.1) is 0 Å². The van der Waals surface area contributed by atoms with Gasteiger partial charge in [-0.05, 0) is 96.9 Å². The van der Waals surface area contributed by atoms with Gasteiger partial charge in [-0.2, -0.15) is 9.61 Å². The molecule has 5 heterocycles. The van der Waals surface area contributed by atoms with Crippen LogP contribution in [-0.4, -0.2) is 58.1 Å². The zero-order chi connectivity index (χ0) is 30.8. The van der Waals surface area contributed by atoms with Crippen molar-refractivity contribution >= 4 is 17.4 Å². The third-order valence-electron chi connectivity index (χ3n) is 8.18. The van der Waals surface area contributed by atoms with Gasteiger partial charge in [0.05, 0.1) is 42.3 Å². The van der Waals surface area contributed by atoms with Crippen LogP contribution < -0.4 is 4.90 Å². The Hall–Kier alpha value is -3.08. The average Bonchev–Trinajstić information content (AvgIpc) is 3.34. The van der Waals surface area contributed by atoms with E-state index in [0.717, 1.165) is 49.0 Å². The van der Waals surface area contributed by atoms with E-state index in [4.69, 9.17) is 29.0 Å². The van der Waals surface area contributed by atoms with Crippen LogP contribution in [0.1, 0.15) is 94.5 Å². The number of anilines is 1. The summed E-state index contributed by atoms with van der Waals surface area (Å²) in [6.07, 6.45) is 3.21. The van der Waals surface area contributed by atoms with E-state index in [-0.39, 0.29) is 24.6 Å². The van der Waals surface area contributed by atoms with Crippen LogP contribution in [0.4, 0.5) is 10.2 Å². The molecule has 6 rings (SSSR count). The molecule has 0 spiro atoms. The maximum absolute atomic E-state index is 14.1. The number of halogens is 1. The highest BCUT2D eigenvalue weighted by Gasteiger charge is 2.38. The second kappa shape index (κ2) is 12.9. The van der Waals surface area contributed by atoms with Crippen molar-refractivity contribution in [3.63, 3.8) is 0 Å². The summed E-state index contributed by atoms with van der Waals surface area (Å²) < 4.78 is 40.4. The molecule has 2 aromatic heterocycles. The standard InChI is InChI=1S/C33H45FN4O5/c1-7-41-31(39)29(43-32(3,4)5)28-22(2)35-27-19-26-21-40-20-24-11-12-25(34)18-23(24)10-8-9-17-42-33(6)13-15-37(16-14-33)30(28)38(27)36-26/h11-12,18-19,29H,7-10,13-17,20-21H2,1-6H3/t29-/m0/s1. The number of carbonyl (C=O) groups is 1. The van der Waals surface area contributed by atoms with E-state index < -0.39 is 17.7 Å². The third kappa shape index (κ3) is 7.36. The molecule has 9 nitrogen and oxygen atoms in total. The largest absolute Gasteiger partial charge is 0.464 e. The number of nitrogens with zero attached hydrogens (tertiary/aromatic N) is 4. The van der Waals surface area contributed by atoms with E-state index in [2.05, 4.69) is 11.8 Å². The van der Waals surface area contributed by atoms with Crippen LogP contribution in [0.2, 0.25) is 0 Å². The molecule has 1 aromatic carbocycles. The van der Waals surface area contributed by atoms with Gasteiger partial charge < -0.3 is 23.8 Å². The van der Waals surface area contributed by atoms with Gasteiger partial charge in [0.25, 0.3) is 0 Å². The van der Waals surface area contributed by atoms with Crippen molar-refractivity contribution < 1.29 is 28.1 Å². The number of rotatable bonds is 4. The van der Waals surface area contributed by atoms with E-state index in [0.29, 0.717) is 48.9 Å². The quantitative estimate of drug-likeness (QED) is 0.338. The molecule has 0 N–H and O–H groups in total. The maximum atomic E-state index is 14.1. The Kier molecular flexibility index (Phi) is 9.39. The maximum Gasteiger partial charge on any atom is 0.340 e. The average molecular weight is 597 g/mol. The Bertz CT molecular complexity index is 1440. The smallest absolute Gasteiger partial charge is 0.340 e. The molecule has 10 heteroatoms. The summed E-state index contributed by atoms with van der Waals surface area (Å²) in [5.41, 5.74) is 3.77. The summed E-state index contributed by atoms with van der Waals surface area (Å²) in [7, 11) is 0. The van der Waals surface area contributed by atoms with E-state index in [1.807, 2.05) is 38.3 Å². The fourth-order valence-electron chi connectivity index (χ4n) is 5.95. The number of piperidine rings is 1. The zero-order valence-corrected chi connectivity index (χ0v) is 26.4. The summed E-state index contributed by atoms with van der Waals surface area (Å²) in [5, 5.41) is 4.93. The lowest BCUT2D eigenvalue weighted by atomic mass is 9.92. The summed E-state index contributed by atoms with van der Waals surface area (Å²) in [6.45, 7) is 14.6. The van der Waals surface area contributed by atoms with Crippen LogP contribution >= 0.6 is 0 Å². The number of fused-ring (bicyclic) bond motifs is 8. The van der Waals surface area contributed by atoms with Crippen LogP contribution in [0.15, 0.2) is 24.3 Å². The summed E-state index contributed by atoms with van der Waals surface area (Å²) in [5.74, 6) is 0.0894. The molecule has 3 aromatic rings. The molecule has 4 bridgehead atoms. The van der Waals surface area contributed by atoms with Gasteiger partial charge in [0, 0.05) is 31.5 Å². The Morgan fingerprint density at radius 1 is 1.14 bits per heavy atom. The first-order chi connectivity index (χ1) is 20.5. The normalized spacial score (nSPS) is 18.7. The predicted molar refractivity (Wildman–Crippen MR) is 162 cm³/mol. The minimum Gasteiger partial charge on any atom is -0.464 e. The van der Waals surface area contributed by atoms with Crippen molar-refractivity contribution in [2.45, 2.75) is 104 Å². The van der Waals surface area contributed by atoms with Crippen LogP contribution in [0.5, 0.6) is 0 Å². The van der Waals surface area contributed by atoms with Crippen molar-refractivity contribution in [3.05, 3.63) is 58.2 Å². The van der Waals surface area contributed by atoms with Crippen molar-refractivity contribution in [3.8, 4) is 0 Å². The minimum absolute atomic E-state index is 0.238. The molecular formula is C33H45FN4O5. The molecule has 1 fully saturated rings. The minimum atomic E-state index is -0.977. The molecule has 234 valence electrons. The third-order valence-corrected chi connectivity index (χ3v) is 8.18. The molecule has 0 amide bonds. The molecule has 0 unspecified atom stereocenters. The number of hydrogen-bond acceptors (Lipinski definition) is 8. The van der Waals surface area contributed by atoms with E-state index in [9.17, 15) is 9.18 Å². The van der Waals surface area contributed by atoms with Gasteiger partial charge >= 0.3 is 5.97 Å². The first-order valence-electron chi connectivity index (χ1n) is 15.4. The van der Waals surface area contributed by atoms with Crippen LogP contribution in [0.25, 0.3) is 5.65 Å². The molecule has 0 saturated carbocycles. The number of ether oxygens (including phenoxy) is 4. The lowest BCUT2D eigenvalue weighted by molar-refractivity contribution is -0.166. The second-order valence-electron chi connectivity index (χ2n) is 12.9. The fourth-order valence-corrected chi connectivity index (χ4v) is 5.95. The summed E-state index contributed by atoms with van der Waals surface area (Å²) in [6, 6.07) is 6.81. The molecule has 3 aliphatic heterocycles. The lowest BCUT2D eigenvalue weighted by Crippen LogP contribution is -2.46. The van der Waals surface area contributed by atoms with E-state index >= 15 is 0 Å². The number of esters is 1. The molecule has 0 aliphatic carbocycles. The van der Waals surface area contributed by atoms with Crippen molar-refractivity contribution in [1.82, 2.24) is 14.6 Å². The van der Waals surface area contributed by atoms with Gasteiger partial charge in [0.15, 0.2) is 11.8 Å². The SMILES string of the molecule is CCOC(=O)[C@@H](OC(C)(C)C)c1c(C)nc2cc3nn2c1N1CCC(C)(CC1)OCCCCc1cc(F)ccc1COC3. The van der Waals surface area contributed by atoms with Gasteiger partial charge in [0.2, 0.25) is 0 Å². The highest BCUT2D eigenvalue weighted by Crippen LogP contribution is 2.38.